The van der Waals surface area contributed by atoms with Crippen molar-refractivity contribution < 1.29 is 0 Å². The summed E-state index contributed by atoms with van der Waals surface area (Å²) in [6.45, 7) is 4.32. The maximum atomic E-state index is 3.37. The van der Waals surface area contributed by atoms with E-state index in [0.717, 1.165) is 23.2 Å². The standard InChI is InChI=1S/C25H21N/c1-3-20-12-14-21(15-13-20)16-17-22-8-4-6-10-24(22)26-18-19(2)23-9-5-7-11-25(23)26/h4-15,18H,3H2,1-2H3. The maximum Gasteiger partial charge on any atom is 0.0612 e. The normalized spacial score (nSPS) is 10.5. The lowest BCUT2D eigenvalue weighted by molar-refractivity contribution is 1.11. The largest absolute Gasteiger partial charge is 0.315 e. The topological polar surface area (TPSA) is 4.93 Å². The van der Waals surface area contributed by atoms with E-state index in [0.29, 0.717) is 0 Å². The van der Waals surface area contributed by atoms with Crippen LogP contribution in [0.15, 0.2) is 79.0 Å². The van der Waals surface area contributed by atoms with Crippen molar-refractivity contribution >= 4 is 10.9 Å². The van der Waals surface area contributed by atoms with E-state index in [1.807, 2.05) is 6.07 Å². The number of hydrogen-bond acceptors (Lipinski definition) is 0. The Kier molecular flexibility index (Phi) is 4.33. The van der Waals surface area contributed by atoms with Crippen LogP contribution in [0.5, 0.6) is 0 Å². The van der Waals surface area contributed by atoms with Gasteiger partial charge in [0.2, 0.25) is 0 Å². The second-order valence-corrected chi connectivity index (χ2v) is 6.52. The van der Waals surface area contributed by atoms with E-state index in [2.05, 4.69) is 103 Å². The van der Waals surface area contributed by atoms with Crippen LogP contribution < -0.4 is 0 Å². The predicted octanol–water partition coefficient (Wildman–Crippen LogP) is 5.90. The summed E-state index contributed by atoms with van der Waals surface area (Å²) in [6, 6.07) is 25.4. The summed E-state index contributed by atoms with van der Waals surface area (Å²) in [5, 5.41) is 1.28. The Bertz CT molecular complexity index is 1120. The van der Waals surface area contributed by atoms with Gasteiger partial charge in [0, 0.05) is 22.7 Å². The Morgan fingerprint density at radius 1 is 0.808 bits per heavy atom. The van der Waals surface area contributed by atoms with Crippen molar-refractivity contribution in [2.24, 2.45) is 0 Å². The fraction of sp³-hybridized carbons (Fsp3) is 0.120. The smallest absolute Gasteiger partial charge is 0.0612 e. The zero-order chi connectivity index (χ0) is 17.9. The molecule has 1 nitrogen and oxygen atoms in total. The van der Waals surface area contributed by atoms with Crippen molar-refractivity contribution in [3.8, 4) is 17.5 Å². The number of rotatable bonds is 2. The predicted molar refractivity (Wildman–Crippen MR) is 110 cm³/mol. The van der Waals surface area contributed by atoms with E-state index in [4.69, 9.17) is 0 Å². The lowest BCUT2D eigenvalue weighted by Gasteiger charge is -2.08. The fourth-order valence-corrected chi connectivity index (χ4v) is 3.30. The zero-order valence-electron chi connectivity index (χ0n) is 15.2. The van der Waals surface area contributed by atoms with Gasteiger partial charge in [-0.3, -0.25) is 0 Å². The molecule has 0 fully saturated rings. The summed E-state index contributed by atoms with van der Waals surface area (Å²) >= 11 is 0. The molecule has 0 unspecified atom stereocenters. The third kappa shape index (κ3) is 3.03. The zero-order valence-corrected chi connectivity index (χ0v) is 15.2. The number of aryl methyl sites for hydroxylation is 2. The molecule has 26 heavy (non-hydrogen) atoms. The number of aromatic nitrogens is 1. The van der Waals surface area contributed by atoms with E-state index in [1.165, 1.54) is 22.0 Å². The Morgan fingerprint density at radius 3 is 2.35 bits per heavy atom. The molecule has 4 aromatic rings. The molecule has 0 aliphatic carbocycles. The van der Waals surface area contributed by atoms with Crippen LogP contribution in [-0.2, 0) is 6.42 Å². The highest BCUT2D eigenvalue weighted by molar-refractivity contribution is 5.85. The minimum atomic E-state index is 1.04. The minimum Gasteiger partial charge on any atom is -0.315 e. The highest BCUT2D eigenvalue weighted by Crippen LogP contribution is 2.25. The molecule has 0 saturated carbocycles. The molecule has 0 spiro atoms. The molecule has 4 rings (SSSR count). The molecular weight excluding hydrogens is 314 g/mol. The van der Waals surface area contributed by atoms with Crippen molar-refractivity contribution in [2.45, 2.75) is 20.3 Å². The first-order chi connectivity index (χ1) is 12.8. The lowest BCUT2D eigenvalue weighted by Crippen LogP contribution is -1.95. The Morgan fingerprint density at radius 2 is 1.54 bits per heavy atom. The SMILES string of the molecule is CCc1ccc(C#Cc2ccccc2-n2cc(C)c3ccccc32)cc1. The van der Waals surface area contributed by atoms with Gasteiger partial charge in [-0.05, 0) is 54.8 Å². The molecule has 3 aromatic carbocycles. The van der Waals surface area contributed by atoms with Gasteiger partial charge in [-0.15, -0.1) is 0 Å². The van der Waals surface area contributed by atoms with Crippen molar-refractivity contribution in [1.82, 2.24) is 4.57 Å². The molecule has 0 aliphatic heterocycles. The first kappa shape index (κ1) is 16.2. The van der Waals surface area contributed by atoms with E-state index in [9.17, 15) is 0 Å². The average molecular weight is 335 g/mol. The van der Waals surface area contributed by atoms with E-state index in [1.54, 1.807) is 0 Å². The average Bonchev–Trinajstić information content (AvgIpc) is 3.04. The summed E-state index contributed by atoms with van der Waals surface area (Å²) in [6.07, 6.45) is 3.25. The molecule has 126 valence electrons. The third-order valence-corrected chi connectivity index (χ3v) is 4.78. The van der Waals surface area contributed by atoms with E-state index < -0.39 is 0 Å². The van der Waals surface area contributed by atoms with Crippen molar-refractivity contribution in [3.63, 3.8) is 0 Å². The summed E-state index contributed by atoms with van der Waals surface area (Å²) in [5.74, 6) is 6.68. The van der Waals surface area contributed by atoms with Gasteiger partial charge in [-0.1, -0.05) is 61.2 Å². The molecule has 0 N–H and O–H groups in total. The molecular formula is C25H21N. The summed E-state index contributed by atoms with van der Waals surface area (Å²) in [7, 11) is 0. The number of hydrogen-bond donors (Lipinski definition) is 0. The quantitative estimate of drug-likeness (QED) is 0.402. The summed E-state index contributed by atoms with van der Waals surface area (Å²) in [4.78, 5) is 0. The number of para-hydroxylation sites is 2. The van der Waals surface area contributed by atoms with Gasteiger partial charge < -0.3 is 4.57 Å². The van der Waals surface area contributed by atoms with Crippen LogP contribution in [-0.4, -0.2) is 4.57 Å². The fourth-order valence-electron chi connectivity index (χ4n) is 3.30. The molecule has 0 amide bonds. The molecule has 0 radical (unpaired) electrons. The highest BCUT2D eigenvalue weighted by atomic mass is 15.0. The molecule has 0 saturated heterocycles. The van der Waals surface area contributed by atoms with Gasteiger partial charge in [0.15, 0.2) is 0 Å². The molecule has 0 aliphatic rings. The van der Waals surface area contributed by atoms with Gasteiger partial charge in [-0.25, -0.2) is 0 Å². The van der Waals surface area contributed by atoms with Crippen molar-refractivity contribution in [1.29, 1.82) is 0 Å². The number of nitrogens with zero attached hydrogens (tertiary/aromatic N) is 1. The van der Waals surface area contributed by atoms with Crippen molar-refractivity contribution in [3.05, 3.63) is 101 Å². The first-order valence-corrected chi connectivity index (χ1v) is 9.03. The van der Waals surface area contributed by atoms with Gasteiger partial charge in [0.25, 0.3) is 0 Å². The number of benzene rings is 3. The van der Waals surface area contributed by atoms with Gasteiger partial charge in [0.1, 0.15) is 0 Å². The monoisotopic (exact) mass is 335 g/mol. The Hall–Kier alpha value is -3.24. The van der Waals surface area contributed by atoms with Crippen LogP contribution in [0.3, 0.4) is 0 Å². The second kappa shape index (κ2) is 6.94. The van der Waals surface area contributed by atoms with Crippen LogP contribution in [0, 0.1) is 18.8 Å². The minimum absolute atomic E-state index is 1.04. The van der Waals surface area contributed by atoms with Crippen LogP contribution in [0.1, 0.15) is 29.2 Å². The highest BCUT2D eigenvalue weighted by Gasteiger charge is 2.08. The molecule has 1 heterocycles. The van der Waals surface area contributed by atoms with Gasteiger partial charge in [0.05, 0.1) is 11.2 Å². The van der Waals surface area contributed by atoms with Crippen molar-refractivity contribution in [2.75, 3.05) is 0 Å². The van der Waals surface area contributed by atoms with Crippen LogP contribution in [0.2, 0.25) is 0 Å². The van der Waals surface area contributed by atoms with Crippen LogP contribution in [0.4, 0.5) is 0 Å². The molecule has 0 bridgehead atoms. The van der Waals surface area contributed by atoms with Crippen LogP contribution in [0.25, 0.3) is 16.6 Å². The van der Waals surface area contributed by atoms with Gasteiger partial charge in [-0.2, -0.15) is 0 Å². The number of fused-ring (bicyclic) bond motifs is 1. The van der Waals surface area contributed by atoms with E-state index in [-0.39, 0.29) is 0 Å². The first-order valence-electron chi connectivity index (χ1n) is 9.03. The van der Waals surface area contributed by atoms with E-state index >= 15 is 0 Å². The summed E-state index contributed by atoms with van der Waals surface area (Å²) in [5.41, 5.74) is 7.03. The molecule has 0 atom stereocenters. The van der Waals surface area contributed by atoms with Gasteiger partial charge >= 0.3 is 0 Å². The maximum absolute atomic E-state index is 3.37. The summed E-state index contributed by atoms with van der Waals surface area (Å²) < 4.78 is 2.24. The molecule has 1 heteroatoms. The third-order valence-electron chi connectivity index (χ3n) is 4.78. The second-order valence-electron chi connectivity index (χ2n) is 6.52. The lowest BCUT2D eigenvalue weighted by atomic mass is 10.1. The Balaban J connectivity index is 1.79. The van der Waals surface area contributed by atoms with Crippen LogP contribution >= 0.6 is 0 Å². The molecule has 1 aromatic heterocycles. The Labute approximate surface area is 154 Å².